The van der Waals surface area contributed by atoms with Crippen molar-refractivity contribution in [2.24, 2.45) is 11.8 Å². The maximum absolute atomic E-state index is 12.9. The summed E-state index contributed by atoms with van der Waals surface area (Å²) < 4.78 is 38.7. The van der Waals surface area contributed by atoms with Gasteiger partial charge in [0.05, 0.1) is 11.8 Å². The summed E-state index contributed by atoms with van der Waals surface area (Å²) in [5.74, 6) is -5.29. The summed E-state index contributed by atoms with van der Waals surface area (Å²) in [5.41, 5.74) is 0.726. The van der Waals surface area contributed by atoms with E-state index in [9.17, 15) is 22.8 Å². The predicted octanol–water partition coefficient (Wildman–Crippen LogP) is 3.44. The molecule has 2 amide bonds. The van der Waals surface area contributed by atoms with Crippen molar-refractivity contribution in [3.63, 3.8) is 0 Å². The van der Waals surface area contributed by atoms with Gasteiger partial charge in [-0.15, -0.1) is 0 Å². The van der Waals surface area contributed by atoms with Crippen LogP contribution >= 0.6 is 23.2 Å². The van der Waals surface area contributed by atoms with E-state index in [-0.39, 0.29) is 6.54 Å². The molecule has 25 heavy (non-hydrogen) atoms. The number of urea groups is 1. The number of likely N-dealkylation sites (tertiary alicyclic amines) is 1. The van der Waals surface area contributed by atoms with Crippen LogP contribution in [0.2, 0.25) is 10.0 Å². The molecule has 10 heteroatoms. The van der Waals surface area contributed by atoms with Gasteiger partial charge in [-0.25, -0.2) is 4.79 Å². The molecule has 1 aromatic carbocycles. The van der Waals surface area contributed by atoms with Crippen molar-refractivity contribution >= 4 is 35.2 Å². The van der Waals surface area contributed by atoms with E-state index in [1.165, 1.54) is 0 Å². The minimum Gasteiger partial charge on any atom is -0.481 e. The molecule has 1 heterocycles. The fourth-order valence-corrected chi connectivity index (χ4v) is 3.19. The van der Waals surface area contributed by atoms with Crippen molar-refractivity contribution in [3.05, 3.63) is 33.8 Å². The normalized spacial score (nSPS) is 20.6. The molecule has 2 N–H and O–H groups in total. The lowest BCUT2D eigenvalue weighted by atomic mass is 9.96. The summed E-state index contributed by atoms with van der Waals surface area (Å²) in [6.07, 6.45) is -4.31. The van der Waals surface area contributed by atoms with Gasteiger partial charge in [-0.2, -0.15) is 13.2 Å². The van der Waals surface area contributed by atoms with E-state index in [2.05, 4.69) is 5.32 Å². The van der Waals surface area contributed by atoms with Gasteiger partial charge >= 0.3 is 18.2 Å². The van der Waals surface area contributed by atoms with Crippen LogP contribution in [0.15, 0.2) is 18.2 Å². The fourth-order valence-electron chi connectivity index (χ4n) is 2.69. The Balaban J connectivity index is 1.92. The van der Waals surface area contributed by atoms with Crippen LogP contribution in [-0.4, -0.2) is 47.8 Å². The van der Waals surface area contributed by atoms with Gasteiger partial charge in [0, 0.05) is 29.7 Å². The maximum atomic E-state index is 12.9. The number of benzene rings is 1. The first-order valence-corrected chi connectivity index (χ1v) is 8.11. The van der Waals surface area contributed by atoms with Gasteiger partial charge in [0.1, 0.15) is 0 Å². The van der Waals surface area contributed by atoms with E-state index in [0.717, 1.165) is 10.5 Å². The minimum atomic E-state index is -4.67. The smallest absolute Gasteiger partial charge is 0.394 e. The number of nitrogens with zero attached hydrogens (tertiary/aromatic N) is 1. The maximum Gasteiger partial charge on any atom is 0.394 e. The zero-order valence-corrected chi connectivity index (χ0v) is 14.3. The molecular weight excluding hydrogens is 384 g/mol. The molecule has 1 aliphatic rings. The molecule has 138 valence electrons. The first-order valence-electron chi connectivity index (χ1n) is 7.36. The summed E-state index contributed by atoms with van der Waals surface area (Å²) in [5, 5.41) is 12.3. The van der Waals surface area contributed by atoms with Crippen LogP contribution in [0.4, 0.5) is 18.0 Å². The highest BCUT2D eigenvalue weighted by atomic mass is 35.5. The number of aliphatic carboxylic acids is 1. The summed E-state index contributed by atoms with van der Waals surface area (Å²) in [6, 6.07) is 4.14. The third-order valence-corrected chi connectivity index (χ3v) is 4.62. The molecule has 1 aromatic rings. The summed E-state index contributed by atoms with van der Waals surface area (Å²) in [7, 11) is 0. The molecule has 0 radical (unpaired) electrons. The highest BCUT2D eigenvalue weighted by Crippen LogP contribution is 2.37. The van der Waals surface area contributed by atoms with Gasteiger partial charge in [0.2, 0.25) is 0 Å². The third kappa shape index (κ3) is 4.92. The Morgan fingerprint density at radius 1 is 1.28 bits per heavy atom. The second kappa shape index (κ2) is 7.70. The summed E-state index contributed by atoms with van der Waals surface area (Å²) in [6.45, 7) is -1.01. The first kappa shape index (κ1) is 19.7. The molecular formula is C15H15Cl2F3N2O3. The van der Waals surface area contributed by atoms with E-state index in [1.54, 1.807) is 18.2 Å². The van der Waals surface area contributed by atoms with Crippen molar-refractivity contribution in [2.45, 2.75) is 12.6 Å². The Labute approximate surface area is 151 Å². The monoisotopic (exact) mass is 398 g/mol. The predicted molar refractivity (Wildman–Crippen MR) is 85.8 cm³/mol. The summed E-state index contributed by atoms with van der Waals surface area (Å²) in [4.78, 5) is 23.9. The van der Waals surface area contributed by atoms with Gasteiger partial charge in [0.25, 0.3) is 0 Å². The second-order valence-electron chi connectivity index (χ2n) is 5.72. The third-order valence-electron chi connectivity index (χ3n) is 4.03. The van der Waals surface area contributed by atoms with Gasteiger partial charge in [-0.05, 0) is 24.1 Å². The molecule has 2 rings (SSSR count). The average molecular weight is 399 g/mol. The van der Waals surface area contributed by atoms with E-state index >= 15 is 0 Å². The van der Waals surface area contributed by atoms with Crippen LogP contribution < -0.4 is 5.32 Å². The highest BCUT2D eigenvalue weighted by Gasteiger charge is 2.53. The number of rotatable bonds is 4. The Morgan fingerprint density at radius 3 is 2.48 bits per heavy atom. The van der Waals surface area contributed by atoms with Gasteiger partial charge < -0.3 is 15.3 Å². The number of carboxylic acid groups (broad SMARTS) is 1. The van der Waals surface area contributed by atoms with Crippen molar-refractivity contribution < 1.29 is 27.9 Å². The average Bonchev–Trinajstić information content (AvgIpc) is 2.95. The van der Waals surface area contributed by atoms with Crippen LogP contribution in [0.1, 0.15) is 5.56 Å². The standard InChI is InChI=1S/C15H15Cl2F3N2O3/c16-9-2-1-8(12(17)5-9)3-4-21-14(25)22-6-10(13(23)24)11(7-22)15(18,19)20/h1-2,5,10-11H,3-4,6-7H2,(H,21,25)(H,23,24)/t10-,11-/m1/s1. The zero-order chi connectivity index (χ0) is 18.8. The van der Waals surface area contributed by atoms with Crippen molar-refractivity contribution in [2.75, 3.05) is 19.6 Å². The molecule has 0 bridgehead atoms. The van der Waals surface area contributed by atoms with E-state index < -0.39 is 43.1 Å². The molecule has 0 unspecified atom stereocenters. The Kier molecular flexibility index (Phi) is 6.05. The molecule has 1 aliphatic heterocycles. The number of halogens is 5. The molecule has 1 fully saturated rings. The lowest BCUT2D eigenvalue weighted by Gasteiger charge is -2.18. The Hall–Kier alpha value is -1.67. The van der Waals surface area contributed by atoms with Crippen LogP contribution in [-0.2, 0) is 11.2 Å². The van der Waals surface area contributed by atoms with Crippen LogP contribution in [0.5, 0.6) is 0 Å². The number of carbonyl (C=O) groups excluding carboxylic acids is 1. The van der Waals surface area contributed by atoms with Crippen LogP contribution in [0.3, 0.4) is 0 Å². The number of carboxylic acids is 1. The lowest BCUT2D eigenvalue weighted by Crippen LogP contribution is -2.40. The van der Waals surface area contributed by atoms with Crippen molar-refractivity contribution in [1.82, 2.24) is 10.2 Å². The number of hydrogen-bond donors (Lipinski definition) is 2. The minimum absolute atomic E-state index is 0.144. The van der Waals surface area contributed by atoms with Crippen LogP contribution in [0.25, 0.3) is 0 Å². The quantitative estimate of drug-likeness (QED) is 0.815. The first-order chi connectivity index (χ1) is 11.6. The molecule has 2 atom stereocenters. The molecule has 0 aliphatic carbocycles. The van der Waals surface area contributed by atoms with Crippen molar-refractivity contribution in [3.8, 4) is 0 Å². The SMILES string of the molecule is O=C(O)[C@@H]1CN(C(=O)NCCc2ccc(Cl)cc2Cl)C[C@H]1C(F)(F)F. The number of carbonyl (C=O) groups is 2. The Morgan fingerprint density at radius 2 is 1.96 bits per heavy atom. The largest absolute Gasteiger partial charge is 0.481 e. The Bertz CT molecular complexity index is 670. The number of alkyl halides is 3. The fraction of sp³-hybridized carbons (Fsp3) is 0.467. The van der Waals surface area contributed by atoms with Crippen molar-refractivity contribution in [1.29, 1.82) is 0 Å². The second-order valence-corrected chi connectivity index (χ2v) is 6.56. The molecule has 5 nitrogen and oxygen atoms in total. The zero-order valence-electron chi connectivity index (χ0n) is 12.8. The van der Waals surface area contributed by atoms with Gasteiger partial charge in [0.15, 0.2) is 0 Å². The number of hydrogen-bond acceptors (Lipinski definition) is 2. The highest BCUT2D eigenvalue weighted by molar-refractivity contribution is 6.35. The van der Waals surface area contributed by atoms with Gasteiger partial charge in [-0.1, -0.05) is 29.3 Å². The van der Waals surface area contributed by atoms with E-state index in [4.69, 9.17) is 28.3 Å². The van der Waals surface area contributed by atoms with E-state index in [1.807, 2.05) is 0 Å². The van der Waals surface area contributed by atoms with Crippen LogP contribution in [0, 0.1) is 11.8 Å². The molecule has 0 spiro atoms. The molecule has 0 saturated carbocycles. The number of nitrogens with one attached hydrogen (secondary N) is 1. The topological polar surface area (TPSA) is 69.6 Å². The molecule has 1 saturated heterocycles. The number of amides is 2. The lowest BCUT2D eigenvalue weighted by molar-refractivity contribution is -0.187. The summed E-state index contributed by atoms with van der Waals surface area (Å²) >= 11 is 11.8. The van der Waals surface area contributed by atoms with E-state index in [0.29, 0.717) is 16.5 Å². The van der Waals surface area contributed by atoms with Gasteiger partial charge in [-0.3, -0.25) is 4.79 Å². The molecule has 0 aromatic heterocycles.